The Morgan fingerprint density at radius 1 is 1.33 bits per heavy atom. The maximum absolute atomic E-state index is 6.32. The van der Waals surface area contributed by atoms with E-state index in [1.54, 1.807) is 17.5 Å². The van der Waals surface area contributed by atoms with Crippen LogP contribution in [-0.2, 0) is 6.42 Å². The summed E-state index contributed by atoms with van der Waals surface area (Å²) in [7, 11) is 0. The average Bonchev–Trinajstić information content (AvgIpc) is 2.82. The third-order valence-corrected chi connectivity index (χ3v) is 3.78. The van der Waals surface area contributed by atoms with Crippen molar-refractivity contribution in [3.63, 3.8) is 0 Å². The summed E-state index contributed by atoms with van der Waals surface area (Å²) in [6.45, 7) is 2.15. The van der Waals surface area contributed by atoms with Gasteiger partial charge in [0.15, 0.2) is 0 Å². The van der Waals surface area contributed by atoms with Crippen LogP contribution in [0.25, 0.3) is 0 Å². The third kappa shape index (κ3) is 2.39. The van der Waals surface area contributed by atoms with Crippen LogP contribution < -0.4 is 0 Å². The first kappa shape index (κ1) is 10.7. The van der Waals surface area contributed by atoms with Gasteiger partial charge in [-0.25, -0.2) is 4.98 Å². The zero-order valence-electron chi connectivity index (χ0n) is 8.48. The highest BCUT2D eigenvalue weighted by molar-refractivity contribution is 7.09. The predicted octanol–water partition coefficient (Wildman–Crippen LogP) is 4.03. The second-order valence-electron chi connectivity index (χ2n) is 3.33. The van der Waals surface area contributed by atoms with E-state index in [0.717, 1.165) is 17.0 Å². The normalized spacial score (nSPS) is 12.7. The van der Waals surface area contributed by atoms with Gasteiger partial charge in [0.2, 0.25) is 0 Å². The monoisotopic (exact) mass is 237 g/mol. The molecule has 1 heterocycles. The number of thiazole rings is 1. The summed E-state index contributed by atoms with van der Waals surface area (Å²) in [5.41, 5.74) is 2.45. The minimum atomic E-state index is -0.115. The van der Waals surface area contributed by atoms with Gasteiger partial charge in [0.1, 0.15) is 10.4 Å². The Morgan fingerprint density at radius 2 is 2.07 bits per heavy atom. The molecule has 1 aromatic carbocycles. The lowest BCUT2D eigenvalue weighted by Gasteiger charge is -2.07. The standard InChI is InChI=1S/C12H12ClNS/c1-2-9-3-5-10(6-4-9)11(13)12-14-7-8-15-12/h3-8,11H,2H2,1H3. The SMILES string of the molecule is CCc1ccc(C(Cl)c2nccs2)cc1. The lowest BCUT2D eigenvalue weighted by atomic mass is 10.1. The van der Waals surface area contributed by atoms with Crippen LogP contribution in [0, 0.1) is 0 Å². The van der Waals surface area contributed by atoms with Crippen molar-refractivity contribution in [2.24, 2.45) is 0 Å². The van der Waals surface area contributed by atoms with Crippen molar-refractivity contribution in [2.45, 2.75) is 18.7 Å². The second kappa shape index (κ2) is 4.77. The molecular formula is C12H12ClNS. The molecule has 0 fully saturated rings. The van der Waals surface area contributed by atoms with Gasteiger partial charge in [0.25, 0.3) is 0 Å². The highest BCUT2D eigenvalue weighted by Crippen LogP contribution is 2.29. The number of benzene rings is 1. The molecule has 0 aliphatic rings. The van der Waals surface area contributed by atoms with Crippen molar-refractivity contribution in [2.75, 3.05) is 0 Å². The summed E-state index contributed by atoms with van der Waals surface area (Å²) < 4.78 is 0. The molecule has 0 aliphatic heterocycles. The number of nitrogens with zero attached hydrogens (tertiary/aromatic N) is 1. The predicted molar refractivity (Wildman–Crippen MR) is 65.6 cm³/mol. The molecule has 2 aromatic rings. The van der Waals surface area contributed by atoms with Crippen molar-refractivity contribution in [1.82, 2.24) is 4.98 Å². The lowest BCUT2D eigenvalue weighted by molar-refractivity contribution is 1.08. The summed E-state index contributed by atoms with van der Waals surface area (Å²) in [5.74, 6) is 0. The number of halogens is 1. The van der Waals surface area contributed by atoms with Crippen LogP contribution in [-0.4, -0.2) is 4.98 Å². The maximum Gasteiger partial charge on any atom is 0.115 e. The molecule has 3 heteroatoms. The van der Waals surface area contributed by atoms with Crippen LogP contribution in [0.3, 0.4) is 0 Å². The van der Waals surface area contributed by atoms with Gasteiger partial charge < -0.3 is 0 Å². The Morgan fingerprint density at radius 3 is 2.60 bits per heavy atom. The first-order valence-electron chi connectivity index (χ1n) is 4.93. The molecule has 0 saturated heterocycles. The maximum atomic E-state index is 6.32. The van der Waals surface area contributed by atoms with E-state index < -0.39 is 0 Å². The summed E-state index contributed by atoms with van der Waals surface area (Å²) in [6, 6.07) is 8.41. The van der Waals surface area contributed by atoms with E-state index in [2.05, 4.69) is 36.2 Å². The molecule has 1 unspecified atom stereocenters. The average molecular weight is 238 g/mol. The number of aromatic nitrogens is 1. The van der Waals surface area contributed by atoms with Crippen LogP contribution >= 0.6 is 22.9 Å². The molecule has 15 heavy (non-hydrogen) atoms. The van der Waals surface area contributed by atoms with Gasteiger partial charge in [-0.05, 0) is 17.5 Å². The molecule has 0 radical (unpaired) electrons. The molecule has 1 atom stereocenters. The van der Waals surface area contributed by atoms with Crippen LogP contribution in [0.15, 0.2) is 35.8 Å². The number of rotatable bonds is 3. The van der Waals surface area contributed by atoms with E-state index in [4.69, 9.17) is 11.6 Å². The molecule has 0 bridgehead atoms. The summed E-state index contributed by atoms with van der Waals surface area (Å²) >= 11 is 7.91. The zero-order chi connectivity index (χ0) is 10.7. The van der Waals surface area contributed by atoms with Crippen LogP contribution in [0.4, 0.5) is 0 Å². The summed E-state index contributed by atoms with van der Waals surface area (Å²) in [5, 5.41) is 2.79. The van der Waals surface area contributed by atoms with Gasteiger partial charge in [0, 0.05) is 11.6 Å². The van der Waals surface area contributed by atoms with Crippen molar-refractivity contribution in [3.05, 3.63) is 52.0 Å². The molecule has 0 amide bonds. The largest absolute Gasteiger partial charge is 0.248 e. The van der Waals surface area contributed by atoms with Crippen molar-refractivity contribution in [3.8, 4) is 0 Å². The first-order chi connectivity index (χ1) is 7.31. The van der Waals surface area contributed by atoms with Gasteiger partial charge >= 0.3 is 0 Å². The number of alkyl halides is 1. The summed E-state index contributed by atoms with van der Waals surface area (Å²) in [4.78, 5) is 4.22. The van der Waals surface area contributed by atoms with Gasteiger partial charge in [0.05, 0.1) is 0 Å². The second-order valence-corrected chi connectivity index (χ2v) is 4.69. The quantitative estimate of drug-likeness (QED) is 0.735. The molecule has 0 saturated carbocycles. The van der Waals surface area contributed by atoms with Gasteiger partial charge in [-0.3, -0.25) is 0 Å². The minimum Gasteiger partial charge on any atom is -0.248 e. The Kier molecular flexibility index (Phi) is 3.39. The van der Waals surface area contributed by atoms with E-state index in [0.29, 0.717) is 0 Å². The number of hydrogen-bond acceptors (Lipinski definition) is 2. The molecule has 1 aromatic heterocycles. The van der Waals surface area contributed by atoms with E-state index in [9.17, 15) is 0 Å². The molecule has 2 rings (SSSR count). The minimum absolute atomic E-state index is 0.115. The third-order valence-electron chi connectivity index (χ3n) is 2.35. The van der Waals surface area contributed by atoms with E-state index >= 15 is 0 Å². The van der Waals surface area contributed by atoms with Gasteiger partial charge in [-0.2, -0.15) is 0 Å². The molecule has 0 N–H and O–H groups in total. The molecular weight excluding hydrogens is 226 g/mol. The Balaban J connectivity index is 2.22. The van der Waals surface area contributed by atoms with Gasteiger partial charge in [-0.1, -0.05) is 31.2 Å². The molecule has 78 valence electrons. The van der Waals surface area contributed by atoms with E-state index in [1.807, 2.05) is 5.38 Å². The van der Waals surface area contributed by atoms with Crippen LogP contribution in [0.1, 0.15) is 28.4 Å². The number of hydrogen-bond donors (Lipinski definition) is 0. The van der Waals surface area contributed by atoms with Gasteiger partial charge in [-0.15, -0.1) is 22.9 Å². The van der Waals surface area contributed by atoms with Crippen molar-refractivity contribution in [1.29, 1.82) is 0 Å². The Hall–Kier alpha value is -0.860. The Bertz CT molecular complexity index is 408. The zero-order valence-corrected chi connectivity index (χ0v) is 10.1. The topological polar surface area (TPSA) is 12.9 Å². The highest BCUT2D eigenvalue weighted by Gasteiger charge is 2.12. The van der Waals surface area contributed by atoms with Crippen LogP contribution in [0.2, 0.25) is 0 Å². The van der Waals surface area contributed by atoms with Crippen molar-refractivity contribution < 1.29 is 0 Å². The fourth-order valence-electron chi connectivity index (χ4n) is 1.42. The van der Waals surface area contributed by atoms with E-state index in [-0.39, 0.29) is 5.38 Å². The fraction of sp³-hybridized carbons (Fsp3) is 0.250. The number of aryl methyl sites for hydroxylation is 1. The smallest absolute Gasteiger partial charge is 0.115 e. The van der Waals surface area contributed by atoms with Crippen LogP contribution in [0.5, 0.6) is 0 Å². The van der Waals surface area contributed by atoms with Crippen molar-refractivity contribution >= 4 is 22.9 Å². The first-order valence-corrected chi connectivity index (χ1v) is 6.25. The molecule has 0 aliphatic carbocycles. The highest BCUT2D eigenvalue weighted by atomic mass is 35.5. The lowest BCUT2D eigenvalue weighted by Crippen LogP contribution is -1.92. The molecule has 0 spiro atoms. The van der Waals surface area contributed by atoms with E-state index in [1.165, 1.54) is 5.56 Å². The summed E-state index contributed by atoms with van der Waals surface area (Å²) in [6.07, 6.45) is 2.85. The molecule has 1 nitrogen and oxygen atoms in total. The fourth-order valence-corrected chi connectivity index (χ4v) is 2.42. The Labute approximate surface area is 98.7 Å².